The number of rotatable bonds is 4. The Morgan fingerprint density at radius 1 is 1.60 bits per heavy atom. The van der Waals surface area contributed by atoms with Crippen molar-refractivity contribution in [2.75, 3.05) is 0 Å². The summed E-state index contributed by atoms with van der Waals surface area (Å²) in [7, 11) is 0. The van der Waals surface area contributed by atoms with Gasteiger partial charge in [-0.05, 0) is 35.0 Å². The van der Waals surface area contributed by atoms with E-state index in [1.807, 2.05) is 6.07 Å². The number of carboxylic acids is 1. The SMILES string of the molecule is CC(Cc1ccc(Br)s1)(C(N)=O)C(=O)O. The molecular formula is C9H10BrNO3S. The average molecular weight is 292 g/mol. The molecule has 15 heavy (non-hydrogen) atoms. The summed E-state index contributed by atoms with van der Waals surface area (Å²) in [5.74, 6) is -2.01. The molecule has 0 spiro atoms. The number of nitrogens with two attached hydrogens (primary N) is 1. The van der Waals surface area contributed by atoms with Crippen LogP contribution in [0.5, 0.6) is 0 Å². The topological polar surface area (TPSA) is 80.4 Å². The van der Waals surface area contributed by atoms with Crippen LogP contribution in [-0.4, -0.2) is 17.0 Å². The highest BCUT2D eigenvalue weighted by molar-refractivity contribution is 9.11. The minimum Gasteiger partial charge on any atom is -0.480 e. The van der Waals surface area contributed by atoms with Gasteiger partial charge in [-0.25, -0.2) is 0 Å². The van der Waals surface area contributed by atoms with Gasteiger partial charge in [0.2, 0.25) is 5.91 Å². The van der Waals surface area contributed by atoms with Crippen molar-refractivity contribution in [2.24, 2.45) is 11.1 Å². The largest absolute Gasteiger partial charge is 0.480 e. The van der Waals surface area contributed by atoms with Gasteiger partial charge in [0.1, 0.15) is 5.41 Å². The third kappa shape index (κ3) is 2.57. The number of carbonyl (C=O) groups is 2. The number of aliphatic carboxylic acids is 1. The van der Waals surface area contributed by atoms with Crippen molar-refractivity contribution in [3.63, 3.8) is 0 Å². The van der Waals surface area contributed by atoms with Crippen LogP contribution in [0.2, 0.25) is 0 Å². The Kier molecular flexibility index (Phi) is 3.51. The van der Waals surface area contributed by atoms with Crippen molar-refractivity contribution >= 4 is 39.1 Å². The lowest BCUT2D eigenvalue weighted by Crippen LogP contribution is -2.42. The van der Waals surface area contributed by atoms with Gasteiger partial charge in [0.05, 0.1) is 3.79 Å². The molecule has 0 bridgehead atoms. The fraction of sp³-hybridized carbons (Fsp3) is 0.333. The zero-order valence-corrected chi connectivity index (χ0v) is 10.4. The zero-order chi connectivity index (χ0) is 11.6. The molecule has 0 aromatic carbocycles. The molecule has 1 aromatic rings. The van der Waals surface area contributed by atoms with Crippen LogP contribution in [-0.2, 0) is 16.0 Å². The maximum Gasteiger partial charge on any atom is 0.319 e. The number of halogens is 1. The fourth-order valence-electron chi connectivity index (χ4n) is 1.06. The van der Waals surface area contributed by atoms with Gasteiger partial charge in [-0.15, -0.1) is 11.3 Å². The first-order valence-corrected chi connectivity index (χ1v) is 5.75. The molecule has 0 fully saturated rings. The summed E-state index contributed by atoms with van der Waals surface area (Å²) in [4.78, 5) is 22.9. The van der Waals surface area contributed by atoms with Gasteiger partial charge in [-0.2, -0.15) is 0 Å². The van der Waals surface area contributed by atoms with E-state index in [4.69, 9.17) is 10.8 Å². The van der Waals surface area contributed by atoms with Crippen LogP contribution in [0.25, 0.3) is 0 Å². The number of carbonyl (C=O) groups excluding carboxylic acids is 1. The number of carboxylic acid groups (broad SMARTS) is 1. The van der Waals surface area contributed by atoms with E-state index in [0.29, 0.717) is 0 Å². The highest BCUT2D eigenvalue weighted by Crippen LogP contribution is 2.29. The summed E-state index contributed by atoms with van der Waals surface area (Å²) in [5, 5.41) is 8.96. The standard InChI is InChI=1S/C9H10BrNO3S/c1-9(7(11)12,8(13)14)4-5-2-3-6(10)15-5/h2-3H,4H2,1H3,(H2,11,12)(H,13,14). The lowest BCUT2D eigenvalue weighted by atomic mass is 9.85. The van der Waals surface area contributed by atoms with Crippen molar-refractivity contribution in [1.29, 1.82) is 0 Å². The molecule has 1 heterocycles. The Hall–Kier alpha value is -0.880. The molecule has 3 N–H and O–H groups in total. The number of amides is 1. The first-order chi connectivity index (χ1) is 6.86. The second kappa shape index (κ2) is 4.32. The quantitative estimate of drug-likeness (QED) is 0.828. The molecule has 1 unspecified atom stereocenters. The van der Waals surface area contributed by atoms with E-state index in [1.54, 1.807) is 6.07 Å². The van der Waals surface area contributed by atoms with Crippen molar-refractivity contribution in [3.05, 3.63) is 20.8 Å². The number of hydrogen-bond donors (Lipinski definition) is 2. The smallest absolute Gasteiger partial charge is 0.319 e. The molecule has 1 rings (SSSR count). The van der Waals surface area contributed by atoms with E-state index in [0.717, 1.165) is 8.66 Å². The van der Waals surface area contributed by atoms with Crippen LogP contribution in [0, 0.1) is 5.41 Å². The highest BCUT2D eigenvalue weighted by atomic mass is 79.9. The molecule has 0 radical (unpaired) electrons. The molecule has 1 aromatic heterocycles. The third-order valence-corrected chi connectivity index (χ3v) is 3.80. The Balaban J connectivity index is 2.94. The van der Waals surface area contributed by atoms with Gasteiger partial charge in [0, 0.05) is 11.3 Å². The van der Waals surface area contributed by atoms with Gasteiger partial charge in [0.15, 0.2) is 0 Å². The van der Waals surface area contributed by atoms with E-state index in [9.17, 15) is 9.59 Å². The van der Waals surface area contributed by atoms with E-state index in [2.05, 4.69) is 15.9 Å². The summed E-state index contributed by atoms with van der Waals surface area (Å²) >= 11 is 4.66. The molecule has 0 aliphatic rings. The van der Waals surface area contributed by atoms with Gasteiger partial charge in [-0.1, -0.05) is 0 Å². The lowest BCUT2D eigenvalue weighted by Gasteiger charge is -2.19. The zero-order valence-electron chi connectivity index (χ0n) is 7.99. The van der Waals surface area contributed by atoms with E-state index in [1.165, 1.54) is 18.3 Å². The predicted molar refractivity (Wildman–Crippen MR) is 60.7 cm³/mol. The second-order valence-electron chi connectivity index (χ2n) is 3.38. The van der Waals surface area contributed by atoms with Crippen LogP contribution < -0.4 is 5.73 Å². The average Bonchev–Trinajstić information content (AvgIpc) is 2.50. The molecule has 0 saturated heterocycles. The Morgan fingerprint density at radius 3 is 2.53 bits per heavy atom. The van der Waals surface area contributed by atoms with Crippen molar-refractivity contribution in [2.45, 2.75) is 13.3 Å². The molecule has 82 valence electrons. The maximum absolute atomic E-state index is 11.1. The van der Waals surface area contributed by atoms with Crippen molar-refractivity contribution in [3.8, 4) is 0 Å². The number of hydrogen-bond acceptors (Lipinski definition) is 3. The first kappa shape index (κ1) is 12.2. The second-order valence-corrected chi connectivity index (χ2v) is 5.93. The minimum absolute atomic E-state index is 0.119. The van der Waals surface area contributed by atoms with Gasteiger partial charge >= 0.3 is 5.97 Å². The van der Waals surface area contributed by atoms with Crippen LogP contribution in [0.3, 0.4) is 0 Å². The summed E-state index contributed by atoms with van der Waals surface area (Å²) < 4.78 is 0.898. The Labute approximate surface area is 99.2 Å². The van der Waals surface area contributed by atoms with Crippen LogP contribution in [0.4, 0.5) is 0 Å². The first-order valence-electron chi connectivity index (χ1n) is 4.14. The molecule has 1 atom stereocenters. The lowest BCUT2D eigenvalue weighted by molar-refractivity contribution is -0.153. The minimum atomic E-state index is -1.54. The van der Waals surface area contributed by atoms with Gasteiger partial charge in [0.25, 0.3) is 0 Å². The molecule has 0 aliphatic heterocycles. The molecule has 4 nitrogen and oxygen atoms in total. The summed E-state index contributed by atoms with van der Waals surface area (Å²) in [6.45, 7) is 1.34. The summed E-state index contributed by atoms with van der Waals surface area (Å²) in [6, 6.07) is 3.59. The Morgan fingerprint density at radius 2 is 2.20 bits per heavy atom. The van der Waals surface area contributed by atoms with Gasteiger partial charge in [-0.3, -0.25) is 9.59 Å². The van der Waals surface area contributed by atoms with Crippen LogP contribution >= 0.6 is 27.3 Å². The molecular weight excluding hydrogens is 282 g/mol. The summed E-state index contributed by atoms with van der Waals surface area (Å²) in [5.41, 5.74) is 3.56. The maximum atomic E-state index is 11.1. The number of primary amides is 1. The third-order valence-electron chi connectivity index (χ3n) is 2.17. The molecule has 6 heteroatoms. The van der Waals surface area contributed by atoms with E-state index in [-0.39, 0.29) is 6.42 Å². The van der Waals surface area contributed by atoms with E-state index >= 15 is 0 Å². The molecule has 1 amide bonds. The highest BCUT2D eigenvalue weighted by Gasteiger charge is 2.40. The van der Waals surface area contributed by atoms with E-state index < -0.39 is 17.3 Å². The van der Waals surface area contributed by atoms with Crippen molar-refractivity contribution in [1.82, 2.24) is 0 Å². The fourth-order valence-corrected chi connectivity index (χ4v) is 2.70. The van der Waals surface area contributed by atoms with Crippen LogP contribution in [0.1, 0.15) is 11.8 Å². The predicted octanol–water partition coefficient (Wildman–Crippen LogP) is 1.63. The van der Waals surface area contributed by atoms with Crippen molar-refractivity contribution < 1.29 is 14.7 Å². The molecule has 0 aliphatic carbocycles. The normalized spacial score (nSPS) is 14.5. The summed E-state index contributed by atoms with van der Waals surface area (Å²) in [6.07, 6.45) is 0.119. The Bertz CT molecular complexity index is 388. The van der Waals surface area contributed by atoms with Crippen LogP contribution in [0.15, 0.2) is 15.9 Å². The van der Waals surface area contributed by atoms with Gasteiger partial charge < -0.3 is 10.8 Å². The number of thiophene rings is 1. The monoisotopic (exact) mass is 291 g/mol. The molecule has 0 saturated carbocycles.